The smallest absolute Gasteiger partial charge is 0.354 e. The maximum atomic E-state index is 13.1. The Labute approximate surface area is 166 Å². The van der Waals surface area contributed by atoms with Crippen molar-refractivity contribution in [1.82, 2.24) is 25.1 Å². The van der Waals surface area contributed by atoms with Crippen LogP contribution in [0, 0.1) is 5.92 Å². The molecule has 0 unspecified atom stereocenters. The number of hydrogen-bond donors (Lipinski definition) is 1. The van der Waals surface area contributed by atoms with Gasteiger partial charge in [0.25, 0.3) is 5.82 Å². The fourth-order valence-electron chi connectivity index (χ4n) is 4.27. The lowest BCUT2D eigenvalue weighted by Crippen LogP contribution is -2.46. The lowest BCUT2D eigenvalue weighted by molar-refractivity contribution is -0.146. The Morgan fingerprint density at radius 3 is 2.52 bits per heavy atom. The molecule has 0 aromatic carbocycles. The third-order valence-electron chi connectivity index (χ3n) is 5.82. The van der Waals surface area contributed by atoms with E-state index in [9.17, 15) is 18.0 Å². The summed E-state index contributed by atoms with van der Waals surface area (Å²) >= 11 is 0. The number of hydrogen-bond acceptors (Lipinski definition) is 5. The van der Waals surface area contributed by atoms with Gasteiger partial charge in [-0.15, -0.1) is 15.3 Å². The molecule has 2 aromatic rings. The van der Waals surface area contributed by atoms with Crippen molar-refractivity contribution in [2.75, 3.05) is 18.0 Å². The molecule has 7 nitrogen and oxygen atoms in total. The third kappa shape index (κ3) is 4.45. The molecule has 3 heterocycles. The minimum atomic E-state index is -4.63. The summed E-state index contributed by atoms with van der Waals surface area (Å²) in [7, 11) is 0. The molecule has 0 bridgehead atoms. The Kier molecular flexibility index (Phi) is 5.60. The van der Waals surface area contributed by atoms with E-state index in [0.717, 1.165) is 43.0 Å². The topological polar surface area (TPSA) is 75.4 Å². The van der Waals surface area contributed by atoms with Crippen LogP contribution in [-0.2, 0) is 11.0 Å². The summed E-state index contributed by atoms with van der Waals surface area (Å²) in [4.78, 5) is 14.7. The first kappa shape index (κ1) is 19.9. The molecule has 1 amide bonds. The average Bonchev–Trinajstić information content (AvgIpc) is 2.98. The predicted octanol–water partition coefficient (Wildman–Crippen LogP) is 3.20. The van der Waals surface area contributed by atoms with Gasteiger partial charge in [-0.05, 0) is 37.8 Å². The molecular weight excluding hydrogens is 385 g/mol. The zero-order chi connectivity index (χ0) is 20.4. The van der Waals surface area contributed by atoms with E-state index < -0.39 is 12.0 Å². The van der Waals surface area contributed by atoms with Gasteiger partial charge in [0.1, 0.15) is 5.82 Å². The molecule has 2 aromatic heterocycles. The second-order valence-corrected chi connectivity index (χ2v) is 7.97. The molecule has 1 aliphatic carbocycles. The molecule has 0 radical (unpaired) electrons. The first-order valence-electron chi connectivity index (χ1n) is 10.3. The van der Waals surface area contributed by atoms with Crippen LogP contribution in [0.25, 0.3) is 5.65 Å². The molecule has 29 heavy (non-hydrogen) atoms. The van der Waals surface area contributed by atoms with Crippen molar-refractivity contribution in [3.63, 3.8) is 0 Å². The first-order chi connectivity index (χ1) is 13.9. The standard InChI is InChI=1S/C19H25F3N6O/c20-19(21,22)18-25-24-15-9-10-16(26-28(15)18)27-11-5-6-13(12-27)17(29)23-14-7-3-1-2-4-8-14/h9-10,13-14H,1-8,11-12H2,(H,23,29)/t13-/m1/s1. The van der Waals surface area contributed by atoms with Crippen LogP contribution in [0.15, 0.2) is 12.1 Å². The van der Waals surface area contributed by atoms with Gasteiger partial charge in [0.2, 0.25) is 5.91 Å². The van der Waals surface area contributed by atoms with Crippen molar-refractivity contribution in [1.29, 1.82) is 0 Å². The van der Waals surface area contributed by atoms with E-state index in [0.29, 0.717) is 18.9 Å². The SMILES string of the molecule is O=C(NC1CCCCCC1)[C@@H]1CCCN(c2ccc3nnc(C(F)(F)F)n3n2)C1. The van der Waals surface area contributed by atoms with Crippen molar-refractivity contribution >= 4 is 17.4 Å². The van der Waals surface area contributed by atoms with Gasteiger partial charge in [0.05, 0.1) is 5.92 Å². The van der Waals surface area contributed by atoms with Gasteiger partial charge < -0.3 is 10.2 Å². The highest BCUT2D eigenvalue weighted by Crippen LogP contribution is 2.29. The number of amides is 1. The fourth-order valence-corrected chi connectivity index (χ4v) is 4.27. The number of anilines is 1. The summed E-state index contributed by atoms with van der Waals surface area (Å²) in [5.41, 5.74) is 0.0424. The summed E-state index contributed by atoms with van der Waals surface area (Å²) < 4.78 is 40.1. The number of alkyl halides is 3. The van der Waals surface area contributed by atoms with E-state index >= 15 is 0 Å². The summed E-state index contributed by atoms with van der Waals surface area (Å²) in [6.45, 7) is 1.09. The van der Waals surface area contributed by atoms with E-state index in [-0.39, 0.29) is 23.5 Å². The summed E-state index contributed by atoms with van der Waals surface area (Å²) in [5, 5.41) is 14.1. The minimum Gasteiger partial charge on any atom is -0.354 e. The van der Waals surface area contributed by atoms with E-state index in [1.54, 1.807) is 6.07 Å². The van der Waals surface area contributed by atoms with Crippen molar-refractivity contribution in [2.24, 2.45) is 5.92 Å². The highest BCUT2D eigenvalue weighted by Gasteiger charge is 2.38. The van der Waals surface area contributed by atoms with E-state index in [2.05, 4.69) is 20.6 Å². The Balaban J connectivity index is 1.47. The lowest BCUT2D eigenvalue weighted by Gasteiger charge is -2.33. The Morgan fingerprint density at radius 1 is 1.03 bits per heavy atom. The number of piperidine rings is 1. The van der Waals surface area contributed by atoms with Gasteiger partial charge in [-0.1, -0.05) is 25.7 Å². The van der Waals surface area contributed by atoms with E-state index in [1.807, 2.05) is 4.90 Å². The summed E-state index contributed by atoms with van der Waals surface area (Å²) in [6, 6.07) is 3.34. The zero-order valence-electron chi connectivity index (χ0n) is 16.2. The molecule has 1 N–H and O–H groups in total. The quantitative estimate of drug-likeness (QED) is 0.787. The highest BCUT2D eigenvalue weighted by atomic mass is 19.4. The third-order valence-corrected chi connectivity index (χ3v) is 5.82. The van der Waals surface area contributed by atoms with E-state index in [4.69, 9.17) is 0 Å². The number of nitrogens with one attached hydrogen (secondary N) is 1. The van der Waals surface area contributed by atoms with Crippen molar-refractivity contribution in [3.05, 3.63) is 18.0 Å². The van der Waals surface area contributed by atoms with Crippen LogP contribution in [-0.4, -0.2) is 44.8 Å². The lowest BCUT2D eigenvalue weighted by atomic mass is 9.96. The molecule has 4 rings (SSSR count). The minimum absolute atomic E-state index is 0.0424. The van der Waals surface area contributed by atoms with Crippen molar-refractivity contribution < 1.29 is 18.0 Å². The zero-order valence-corrected chi connectivity index (χ0v) is 16.2. The molecule has 1 saturated carbocycles. The van der Waals surface area contributed by atoms with Gasteiger partial charge in [-0.2, -0.15) is 17.7 Å². The molecule has 158 valence electrons. The first-order valence-corrected chi connectivity index (χ1v) is 10.3. The monoisotopic (exact) mass is 410 g/mol. The second-order valence-electron chi connectivity index (χ2n) is 7.97. The molecule has 1 atom stereocenters. The Bertz CT molecular complexity index is 859. The largest absolute Gasteiger partial charge is 0.453 e. The normalized spacial score (nSPS) is 21.9. The molecule has 10 heteroatoms. The second kappa shape index (κ2) is 8.16. The number of rotatable bonds is 3. The molecule has 1 aliphatic heterocycles. The van der Waals surface area contributed by atoms with Crippen LogP contribution < -0.4 is 10.2 Å². The van der Waals surface area contributed by atoms with Gasteiger partial charge in [-0.3, -0.25) is 4.79 Å². The van der Waals surface area contributed by atoms with Crippen LogP contribution in [0.5, 0.6) is 0 Å². The Hall–Kier alpha value is -2.39. The number of fused-ring (bicyclic) bond motifs is 1. The number of carbonyl (C=O) groups excluding carboxylic acids is 1. The number of halogens is 3. The molecule has 0 spiro atoms. The van der Waals surface area contributed by atoms with Crippen LogP contribution >= 0.6 is 0 Å². The van der Waals surface area contributed by atoms with Gasteiger partial charge in [-0.25, -0.2) is 0 Å². The van der Waals surface area contributed by atoms with Crippen LogP contribution in [0.1, 0.15) is 57.2 Å². The van der Waals surface area contributed by atoms with Crippen LogP contribution in [0.4, 0.5) is 19.0 Å². The number of carbonyl (C=O) groups is 1. The predicted molar refractivity (Wildman–Crippen MR) is 100 cm³/mol. The van der Waals surface area contributed by atoms with Crippen LogP contribution in [0.2, 0.25) is 0 Å². The number of nitrogens with zero attached hydrogens (tertiary/aromatic N) is 5. The Morgan fingerprint density at radius 2 is 1.79 bits per heavy atom. The average molecular weight is 410 g/mol. The molecular formula is C19H25F3N6O. The maximum Gasteiger partial charge on any atom is 0.453 e. The van der Waals surface area contributed by atoms with Crippen molar-refractivity contribution in [2.45, 2.75) is 63.6 Å². The fraction of sp³-hybridized carbons (Fsp3) is 0.684. The van der Waals surface area contributed by atoms with E-state index in [1.165, 1.54) is 18.9 Å². The summed E-state index contributed by atoms with van der Waals surface area (Å²) in [6.07, 6.45) is 3.71. The molecule has 2 fully saturated rings. The van der Waals surface area contributed by atoms with Crippen molar-refractivity contribution in [3.8, 4) is 0 Å². The number of aromatic nitrogens is 4. The maximum absolute atomic E-state index is 13.1. The van der Waals surface area contributed by atoms with Crippen LogP contribution in [0.3, 0.4) is 0 Å². The summed E-state index contributed by atoms with van der Waals surface area (Å²) in [5.74, 6) is -0.890. The molecule has 2 aliphatic rings. The van der Waals surface area contributed by atoms with Gasteiger partial charge in [0.15, 0.2) is 5.65 Å². The highest BCUT2D eigenvalue weighted by molar-refractivity contribution is 5.79. The van der Waals surface area contributed by atoms with Gasteiger partial charge in [0, 0.05) is 19.1 Å². The van der Waals surface area contributed by atoms with Gasteiger partial charge >= 0.3 is 6.18 Å². The molecule has 1 saturated heterocycles.